The van der Waals surface area contributed by atoms with Crippen molar-refractivity contribution in [3.05, 3.63) is 18.0 Å². The summed E-state index contributed by atoms with van der Waals surface area (Å²) in [5.74, 6) is 1.58. The predicted molar refractivity (Wildman–Crippen MR) is 101 cm³/mol. The Morgan fingerprint density at radius 1 is 1.24 bits per heavy atom. The van der Waals surface area contributed by atoms with Gasteiger partial charge >= 0.3 is 0 Å². The van der Waals surface area contributed by atoms with E-state index in [2.05, 4.69) is 54.5 Å². The molecule has 0 bridgehead atoms. The molecule has 122 valence electrons. The van der Waals surface area contributed by atoms with Gasteiger partial charge in [0.15, 0.2) is 5.96 Å². The zero-order valence-electron chi connectivity index (χ0n) is 13.9. The van der Waals surface area contributed by atoms with E-state index in [0.29, 0.717) is 12.0 Å². The molecule has 0 aliphatic heterocycles. The predicted octanol–water partition coefficient (Wildman–Crippen LogP) is 2.84. The maximum Gasteiger partial charge on any atom is 0.190 e. The zero-order valence-corrected chi connectivity index (χ0v) is 16.2. The first-order chi connectivity index (χ1) is 9.52. The molecule has 0 unspecified atom stereocenters. The number of guanidine groups is 1. The molecule has 0 amide bonds. The van der Waals surface area contributed by atoms with Crippen LogP contribution in [0.5, 0.6) is 0 Å². The van der Waals surface area contributed by atoms with Gasteiger partial charge < -0.3 is 10.6 Å². The third-order valence-corrected chi connectivity index (χ3v) is 3.10. The topological polar surface area (TPSA) is 54.2 Å². The summed E-state index contributed by atoms with van der Waals surface area (Å²) in [6.07, 6.45) is 4.10. The molecule has 0 atom stereocenters. The summed E-state index contributed by atoms with van der Waals surface area (Å²) in [6, 6.07) is 2.50. The normalized spacial score (nSPS) is 11.7. The first kappa shape index (κ1) is 20.2. The van der Waals surface area contributed by atoms with Crippen molar-refractivity contribution >= 4 is 29.9 Å². The van der Waals surface area contributed by atoms with Crippen LogP contribution >= 0.6 is 24.0 Å². The summed E-state index contributed by atoms with van der Waals surface area (Å²) in [5, 5.41) is 11.2. The third-order valence-electron chi connectivity index (χ3n) is 3.10. The van der Waals surface area contributed by atoms with Crippen LogP contribution in [0.25, 0.3) is 0 Å². The number of nitrogens with zero attached hydrogens (tertiary/aromatic N) is 3. The van der Waals surface area contributed by atoms with Gasteiger partial charge in [-0.2, -0.15) is 5.10 Å². The lowest BCUT2D eigenvalue weighted by molar-refractivity contribution is 0.525. The van der Waals surface area contributed by atoms with Gasteiger partial charge in [0.05, 0.1) is 5.69 Å². The van der Waals surface area contributed by atoms with Crippen LogP contribution in [-0.4, -0.2) is 35.9 Å². The molecule has 1 aromatic rings. The van der Waals surface area contributed by atoms with Crippen LogP contribution in [0.2, 0.25) is 0 Å². The molecule has 1 heterocycles. The van der Waals surface area contributed by atoms with E-state index < -0.39 is 0 Å². The molecular weight excluding hydrogens is 377 g/mol. The monoisotopic (exact) mass is 407 g/mol. The van der Waals surface area contributed by atoms with Crippen molar-refractivity contribution in [2.45, 2.75) is 46.6 Å². The van der Waals surface area contributed by atoms with E-state index in [9.17, 15) is 0 Å². The highest BCUT2D eigenvalue weighted by Crippen LogP contribution is 2.04. The summed E-state index contributed by atoms with van der Waals surface area (Å²) in [5.41, 5.74) is 1.11. The number of aromatic nitrogens is 2. The molecule has 1 rings (SSSR count). The lowest BCUT2D eigenvalue weighted by atomic mass is 10.1. The molecule has 0 radical (unpaired) electrons. The highest BCUT2D eigenvalue weighted by Gasteiger charge is 2.03. The minimum Gasteiger partial charge on any atom is -0.356 e. The SMILES string of the molecule is CN=C(NCCc1ccn(C(C)C)n1)NCCC(C)C.I. The van der Waals surface area contributed by atoms with E-state index in [1.807, 2.05) is 10.9 Å². The van der Waals surface area contributed by atoms with E-state index in [1.54, 1.807) is 7.05 Å². The van der Waals surface area contributed by atoms with Crippen molar-refractivity contribution < 1.29 is 0 Å². The summed E-state index contributed by atoms with van der Waals surface area (Å²) >= 11 is 0. The highest BCUT2D eigenvalue weighted by atomic mass is 127. The summed E-state index contributed by atoms with van der Waals surface area (Å²) < 4.78 is 1.99. The van der Waals surface area contributed by atoms with E-state index >= 15 is 0 Å². The summed E-state index contributed by atoms with van der Waals surface area (Å²) in [7, 11) is 1.80. The maximum atomic E-state index is 4.53. The van der Waals surface area contributed by atoms with Crippen molar-refractivity contribution in [2.75, 3.05) is 20.1 Å². The van der Waals surface area contributed by atoms with Crippen LogP contribution in [0.1, 0.15) is 45.9 Å². The largest absolute Gasteiger partial charge is 0.356 e. The Kier molecular flexibility index (Phi) is 10.5. The van der Waals surface area contributed by atoms with Crippen LogP contribution in [0.3, 0.4) is 0 Å². The average molecular weight is 407 g/mol. The molecule has 0 fully saturated rings. The van der Waals surface area contributed by atoms with Crippen LogP contribution in [0.4, 0.5) is 0 Å². The Labute approximate surface area is 146 Å². The van der Waals surface area contributed by atoms with Crippen molar-refractivity contribution in [3.63, 3.8) is 0 Å². The van der Waals surface area contributed by atoms with E-state index in [0.717, 1.165) is 37.6 Å². The van der Waals surface area contributed by atoms with Crippen molar-refractivity contribution in [1.29, 1.82) is 0 Å². The molecule has 1 aromatic heterocycles. The number of aliphatic imine (C=N–C) groups is 1. The smallest absolute Gasteiger partial charge is 0.190 e. The lowest BCUT2D eigenvalue weighted by Crippen LogP contribution is -2.39. The lowest BCUT2D eigenvalue weighted by Gasteiger charge is -2.12. The standard InChI is InChI=1S/C15H29N5.HI/c1-12(2)6-9-17-15(16-5)18-10-7-14-8-11-20(19-14)13(3)4;/h8,11-13H,6-7,9-10H2,1-5H3,(H2,16,17,18);1H. The van der Waals surface area contributed by atoms with Gasteiger partial charge in [-0.25, -0.2) is 0 Å². The number of nitrogens with one attached hydrogen (secondary N) is 2. The number of rotatable bonds is 7. The molecule has 21 heavy (non-hydrogen) atoms. The van der Waals surface area contributed by atoms with Gasteiger partial charge in [-0.1, -0.05) is 13.8 Å². The van der Waals surface area contributed by atoms with E-state index in [4.69, 9.17) is 0 Å². The fraction of sp³-hybridized carbons (Fsp3) is 0.733. The molecule has 6 heteroatoms. The van der Waals surface area contributed by atoms with E-state index in [-0.39, 0.29) is 24.0 Å². The quantitative estimate of drug-likeness (QED) is 0.415. The molecular formula is C15H30IN5. The highest BCUT2D eigenvalue weighted by molar-refractivity contribution is 14.0. The molecule has 0 aliphatic carbocycles. The zero-order chi connectivity index (χ0) is 15.0. The molecule has 0 saturated heterocycles. The van der Waals surface area contributed by atoms with Gasteiger partial charge in [0.25, 0.3) is 0 Å². The molecule has 0 spiro atoms. The first-order valence-electron chi connectivity index (χ1n) is 7.51. The summed E-state index contributed by atoms with van der Waals surface area (Å²) in [6.45, 7) is 10.5. The minimum absolute atomic E-state index is 0. The number of hydrogen-bond donors (Lipinski definition) is 2. The minimum atomic E-state index is 0. The molecule has 5 nitrogen and oxygen atoms in total. The molecule has 0 aliphatic rings. The second-order valence-corrected chi connectivity index (χ2v) is 5.74. The van der Waals surface area contributed by atoms with Crippen LogP contribution in [-0.2, 0) is 6.42 Å². The molecule has 0 saturated carbocycles. The van der Waals surface area contributed by atoms with Crippen LogP contribution < -0.4 is 10.6 Å². The van der Waals surface area contributed by atoms with Gasteiger partial charge in [-0.15, -0.1) is 24.0 Å². The first-order valence-corrected chi connectivity index (χ1v) is 7.51. The maximum absolute atomic E-state index is 4.53. The Bertz CT molecular complexity index is 412. The number of hydrogen-bond acceptors (Lipinski definition) is 2. The van der Waals surface area contributed by atoms with Gasteiger partial charge in [0.2, 0.25) is 0 Å². The Hall–Kier alpha value is -0.790. The van der Waals surface area contributed by atoms with Crippen molar-refractivity contribution in [2.24, 2.45) is 10.9 Å². The van der Waals surface area contributed by atoms with Gasteiger partial charge in [-0.05, 0) is 32.3 Å². The second kappa shape index (κ2) is 10.9. The van der Waals surface area contributed by atoms with Crippen molar-refractivity contribution in [1.82, 2.24) is 20.4 Å². The van der Waals surface area contributed by atoms with Gasteiger partial charge in [0.1, 0.15) is 0 Å². The fourth-order valence-corrected chi connectivity index (χ4v) is 1.81. The van der Waals surface area contributed by atoms with Gasteiger partial charge in [-0.3, -0.25) is 9.67 Å². The second-order valence-electron chi connectivity index (χ2n) is 5.74. The third kappa shape index (κ3) is 8.28. The van der Waals surface area contributed by atoms with Crippen LogP contribution in [0, 0.1) is 5.92 Å². The molecule has 2 N–H and O–H groups in total. The Morgan fingerprint density at radius 3 is 2.43 bits per heavy atom. The van der Waals surface area contributed by atoms with Gasteiger partial charge in [0, 0.05) is 38.8 Å². The Balaban J connectivity index is 0.00000400. The molecule has 0 aromatic carbocycles. The number of halogens is 1. The van der Waals surface area contributed by atoms with Crippen LogP contribution in [0.15, 0.2) is 17.3 Å². The average Bonchev–Trinajstić information content (AvgIpc) is 2.85. The Morgan fingerprint density at radius 2 is 1.90 bits per heavy atom. The van der Waals surface area contributed by atoms with E-state index in [1.165, 1.54) is 0 Å². The van der Waals surface area contributed by atoms with Crippen molar-refractivity contribution in [3.8, 4) is 0 Å². The summed E-state index contributed by atoms with van der Waals surface area (Å²) in [4.78, 5) is 4.22. The fourth-order valence-electron chi connectivity index (χ4n) is 1.81.